The van der Waals surface area contributed by atoms with E-state index in [4.69, 9.17) is 4.74 Å². The number of allylic oxidation sites excluding steroid dienone is 4. The Morgan fingerprint density at radius 3 is 1.22 bits per heavy atom. The van der Waals surface area contributed by atoms with Crippen LogP contribution in [0.2, 0.25) is 0 Å². The van der Waals surface area contributed by atoms with Crippen LogP contribution < -0.4 is 5.32 Å². The lowest BCUT2D eigenvalue weighted by atomic mass is 10.0. The van der Waals surface area contributed by atoms with E-state index in [2.05, 4.69) is 43.5 Å². The molecule has 59 heavy (non-hydrogen) atoms. The van der Waals surface area contributed by atoms with E-state index in [0.717, 1.165) is 70.6 Å². The minimum atomic E-state index is -0.681. The van der Waals surface area contributed by atoms with Crippen molar-refractivity contribution in [3.05, 3.63) is 24.3 Å². The van der Waals surface area contributed by atoms with Crippen LogP contribution in [0.4, 0.5) is 0 Å². The van der Waals surface area contributed by atoms with Crippen molar-refractivity contribution in [1.29, 1.82) is 0 Å². The summed E-state index contributed by atoms with van der Waals surface area (Å²) in [5.74, 6) is -0.0860. The van der Waals surface area contributed by atoms with Gasteiger partial charge in [0.1, 0.15) is 0 Å². The number of rotatable bonds is 48. The van der Waals surface area contributed by atoms with Crippen molar-refractivity contribution in [2.75, 3.05) is 13.2 Å². The van der Waals surface area contributed by atoms with Crippen LogP contribution in [0.5, 0.6) is 0 Å². The van der Waals surface area contributed by atoms with Gasteiger partial charge in [-0.25, -0.2) is 0 Å². The van der Waals surface area contributed by atoms with E-state index in [1.54, 1.807) is 0 Å². The van der Waals surface area contributed by atoms with Gasteiger partial charge in [-0.05, 0) is 77.0 Å². The van der Waals surface area contributed by atoms with E-state index < -0.39 is 12.1 Å². The zero-order valence-electron chi connectivity index (χ0n) is 39.5. The molecule has 0 aliphatic heterocycles. The monoisotopic (exact) mass is 832 g/mol. The summed E-state index contributed by atoms with van der Waals surface area (Å²) < 4.78 is 5.45. The maximum atomic E-state index is 12.4. The third kappa shape index (κ3) is 45.7. The van der Waals surface area contributed by atoms with Crippen molar-refractivity contribution in [1.82, 2.24) is 5.32 Å². The highest BCUT2D eigenvalue weighted by Gasteiger charge is 2.20. The Kier molecular flexibility index (Phi) is 47.6. The zero-order chi connectivity index (χ0) is 43.0. The molecule has 348 valence electrons. The van der Waals surface area contributed by atoms with E-state index in [0.29, 0.717) is 25.9 Å². The molecular formula is C53H101NO5. The molecular weight excluding hydrogens is 731 g/mol. The Bertz CT molecular complexity index is 920. The summed E-state index contributed by atoms with van der Waals surface area (Å²) >= 11 is 0. The van der Waals surface area contributed by atoms with Crippen LogP contribution in [-0.4, -0.2) is 47.4 Å². The fraction of sp³-hybridized carbons (Fsp3) is 0.887. The molecule has 0 aromatic carbocycles. The largest absolute Gasteiger partial charge is 0.466 e. The number of esters is 1. The molecule has 0 heterocycles. The average Bonchev–Trinajstić information content (AvgIpc) is 3.24. The van der Waals surface area contributed by atoms with Crippen molar-refractivity contribution >= 4 is 11.9 Å². The van der Waals surface area contributed by atoms with Crippen molar-refractivity contribution in [2.24, 2.45) is 0 Å². The van der Waals surface area contributed by atoms with Crippen LogP contribution in [0.15, 0.2) is 24.3 Å². The number of hydrogen-bond donors (Lipinski definition) is 3. The number of aliphatic hydroxyl groups is 2. The van der Waals surface area contributed by atoms with E-state index in [1.165, 1.54) is 173 Å². The molecule has 0 saturated carbocycles. The highest BCUT2D eigenvalue weighted by molar-refractivity contribution is 5.76. The molecule has 2 atom stereocenters. The molecule has 1 amide bonds. The van der Waals surface area contributed by atoms with Crippen LogP contribution in [0, 0.1) is 0 Å². The summed E-state index contributed by atoms with van der Waals surface area (Å²) in [5.41, 5.74) is 0. The van der Waals surface area contributed by atoms with E-state index >= 15 is 0 Å². The van der Waals surface area contributed by atoms with Crippen LogP contribution in [0.25, 0.3) is 0 Å². The average molecular weight is 832 g/mol. The summed E-state index contributed by atoms with van der Waals surface area (Å²) in [6.07, 6.45) is 57.2. The molecule has 0 radical (unpaired) electrons. The molecule has 0 spiro atoms. The Balaban J connectivity index is 3.51. The summed E-state index contributed by atoms with van der Waals surface area (Å²) in [6.45, 7) is 4.90. The quantitative estimate of drug-likeness (QED) is 0.0322. The molecule has 0 saturated heterocycles. The van der Waals surface area contributed by atoms with Gasteiger partial charge in [0.05, 0.1) is 25.4 Å². The molecule has 0 aliphatic rings. The number of ether oxygens (including phenoxy) is 1. The molecule has 0 fully saturated rings. The lowest BCUT2D eigenvalue weighted by molar-refractivity contribution is -0.143. The summed E-state index contributed by atoms with van der Waals surface area (Å²) in [6, 6.07) is -0.561. The Labute approximate surface area is 367 Å². The number of carbonyl (C=O) groups is 2. The third-order valence-corrected chi connectivity index (χ3v) is 12.0. The Hall–Kier alpha value is -1.66. The van der Waals surface area contributed by atoms with Crippen molar-refractivity contribution in [3.8, 4) is 0 Å². The number of aliphatic hydroxyl groups excluding tert-OH is 2. The summed E-state index contributed by atoms with van der Waals surface area (Å²) in [7, 11) is 0. The van der Waals surface area contributed by atoms with Gasteiger partial charge in [0, 0.05) is 12.8 Å². The standard InChI is InChI=1S/C53H101NO5/c1-3-5-7-9-11-13-15-17-19-21-25-29-33-37-41-45-51(56)50(49-55)54-52(57)46-42-38-34-30-26-22-20-24-28-32-36-40-44-48-59-53(58)47-43-39-35-31-27-23-18-16-14-12-10-8-6-4-2/h16,18,22,26,50-51,55-56H,3-15,17,19-21,23-25,27-49H2,1-2H3,(H,54,57)/b18-16-,26-22-. The number of unbranched alkanes of at least 4 members (excludes halogenated alkanes) is 33. The number of amides is 1. The zero-order valence-corrected chi connectivity index (χ0v) is 39.5. The molecule has 3 N–H and O–H groups in total. The van der Waals surface area contributed by atoms with Gasteiger partial charge >= 0.3 is 5.97 Å². The van der Waals surface area contributed by atoms with Gasteiger partial charge in [0.15, 0.2) is 0 Å². The maximum absolute atomic E-state index is 12.4. The van der Waals surface area contributed by atoms with Crippen molar-refractivity contribution < 1.29 is 24.5 Å². The van der Waals surface area contributed by atoms with E-state index in [-0.39, 0.29) is 18.5 Å². The van der Waals surface area contributed by atoms with E-state index in [9.17, 15) is 19.8 Å². The predicted octanol–water partition coefficient (Wildman–Crippen LogP) is 15.5. The first kappa shape index (κ1) is 57.3. The SMILES string of the molecule is CCCCCCC/C=C\CCCCCCCC(=O)OCCCCCCCC/C=C\CCCCCC(=O)NC(CO)C(O)CCCCCCCCCCCCCCCCC. The first-order valence-electron chi connectivity index (χ1n) is 26.1. The second-order valence-corrected chi connectivity index (χ2v) is 17.8. The lowest BCUT2D eigenvalue weighted by Crippen LogP contribution is -2.45. The first-order valence-corrected chi connectivity index (χ1v) is 26.1. The fourth-order valence-electron chi connectivity index (χ4n) is 7.92. The Morgan fingerprint density at radius 2 is 0.797 bits per heavy atom. The fourth-order valence-corrected chi connectivity index (χ4v) is 7.92. The Morgan fingerprint density at radius 1 is 0.458 bits per heavy atom. The van der Waals surface area contributed by atoms with Gasteiger partial charge in [-0.15, -0.1) is 0 Å². The number of carbonyl (C=O) groups excluding carboxylic acids is 2. The minimum Gasteiger partial charge on any atom is -0.466 e. The second kappa shape index (κ2) is 49.0. The molecule has 2 unspecified atom stereocenters. The van der Waals surface area contributed by atoms with Crippen LogP contribution in [0.3, 0.4) is 0 Å². The lowest BCUT2D eigenvalue weighted by Gasteiger charge is -2.22. The highest BCUT2D eigenvalue weighted by atomic mass is 16.5. The van der Waals surface area contributed by atoms with Crippen LogP contribution in [-0.2, 0) is 14.3 Å². The molecule has 0 rings (SSSR count). The maximum Gasteiger partial charge on any atom is 0.305 e. The van der Waals surface area contributed by atoms with Gasteiger partial charge < -0.3 is 20.3 Å². The summed E-state index contributed by atoms with van der Waals surface area (Å²) in [4.78, 5) is 24.5. The van der Waals surface area contributed by atoms with Gasteiger partial charge in [-0.2, -0.15) is 0 Å². The molecule has 6 heteroatoms. The smallest absolute Gasteiger partial charge is 0.305 e. The molecule has 0 aliphatic carbocycles. The first-order chi connectivity index (χ1) is 29.0. The number of nitrogens with one attached hydrogen (secondary N) is 1. The molecule has 6 nitrogen and oxygen atoms in total. The van der Waals surface area contributed by atoms with Gasteiger partial charge in [-0.3, -0.25) is 9.59 Å². The highest BCUT2D eigenvalue weighted by Crippen LogP contribution is 2.16. The summed E-state index contributed by atoms with van der Waals surface area (Å²) in [5, 5.41) is 23.2. The third-order valence-electron chi connectivity index (χ3n) is 12.0. The van der Waals surface area contributed by atoms with Crippen molar-refractivity contribution in [3.63, 3.8) is 0 Å². The van der Waals surface area contributed by atoms with Crippen LogP contribution in [0.1, 0.15) is 277 Å². The molecule has 0 aromatic heterocycles. The van der Waals surface area contributed by atoms with Gasteiger partial charge in [0.25, 0.3) is 0 Å². The molecule has 0 aromatic rings. The van der Waals surface area contributed by atoms with Gasteiger partial charge in [-0.1, -0.05) is 212 Å². The molecule has 0 bridgehead atoms. The van der Waals surface area contributed by atoms with Crippen molar-refractivity contribution in [2.45, 2.75) is 289 Å². The predicted molar refractivity (Wildman–Crippen MR) is 255 cm³/mol. The van der Waals surface area contributed by atoms with Crippen LogP contribution >= 0.6 is 0 Å². The van der Waals surface area contributed by atoms with Gasteiger partial charge in [0.2, 0.25) is 5.91 Å². The second-order valence-electron chi connectivity index (χ2n) is 17.8. The normalized spacial score (nSPS) is 12.8. The minimum absolute atomic E-state index is 0.0212. The topological polar surface area (TPSA) is 95.9 Å². The number of hydrogen-bond acceptors (Lipinski definition) is 5. The van der Waals surface area contributed by atoms with E-state index in [1.807, 2.05) is 0 Å².